The number of aliphatic carboxylic acids is 1. The summed E-state index contributed by atoms with van der Waals surface area (Å²) in [6.07, 6.45) is 47.4. The molecule has 0 fully saturated rings. The normalized spacial score (nSPS) is 13.3. The number of carbonyl (C=O) groups excluding carboxylic acids is 2. The summed E-state index contributed by atoms with van der Waals surface area (Å²) < 4.78 is 22.8. The fraction of sp³-hybridized carbons (Fsp3) is 0.784. The molecular weight excluding hydrogens is 755 g/mol. The number of ether oxygens (including phenoxy) is 4. The number of carboxylic acid groups (broad SMARTS) is 1. The Morgan fingerprint density at radius 3 is 1.42 bits per heavy atom. The summed E-state index contributed by atoms with van der Waals surface area (Å²) in [6.45, 7) is 4.75. The molecule has 0 aliphatic rings. The predicted octanol–water partition coefficient (Wildman–Crippen LogP) is 13.2. The number of nitrogens with zero attached hydrogens (tertiary/aromatic N) is 1. The highest BCUT2D eigenvalue weighted by atomic mass is 16.7. The molecule has 60 heavy (non-hydrogen) atoms. The van der Waals surface area contributed by atoms with Crippen LogP contribution in [0.5, 0.6) is 0 Å². The zero-order valence-corrected chi connectivity index (χ0v) is 39.4. The smallest absolute Gasteiger partial charge is 0.361 e. The molecule has 348 valence electrons. The third kappa shape index (κ3) is 43.3. The zero-order chi connectivity index (χ0) is 44.2. The van der Waals surface area contributed by atoms with Gasteiger partial charge in [0.25, 0.3) is 6.29 Å². The first kappa shape index (κ1) is 57.2. The molecule has 2 unspecified atom stereocenters. The number of carbonyl (C=O) groups is 3. The molecule has 2 atom stereocenters. The lowest BCUT2D eigenvalue weighted by molar-refractivity contribution is -0.870. The molecular formula is C51H92NO8+. The molecule has 0 aliphatic heterocycles. The zero-order valence-electron chi connectivity index (χ0n) is 39.4. The van der Waals surface area contributed by atoms with Gasteiger partial charge in [0.2, 0.25) is 0 Å². The maximum Gasteiger partial charge on any atom is 0.361 e. The number of rotatable bonds is 44. The van der Waals surface area contributed by atoms with Crippen molar-refractivity contribution in [3.05, 3.63) is 48.6 Å². The van der Waals surface area contributed by atoms with Crippen molar-refractivity contribution in [2.45, 2.75) is 212 Å². The van der Waals surface area contributed by atoms with Crippen LogP contribution in [0.25, 0.3) is 0 Å². The number of hydrogen-bond acceptors (Lipinski definition) is 7. The number of quaternary nitrogens is 1. The molecule has 0 aliphatic carbocycles. The van der Waals surface area contributed by atoms with Crippen molar-refractivity contribution in [2.75, 3.05) is 47.5 Å². The molecule has 1 N–H and O–H groups in total. The topological polar surface area (TPSA) is 108 Å². The number of carboxylic acids is 1. The Bertz CT molecular complexity index is 1120. The minimum atomic E-state index is -1.51. The van der Waals surface area contributed by atoms with Crippen molar-refractivity contribution in [1.29, 1.82) is 0 Å². The Morgan fingerprint density at radius 1 is 0.517 bits per heavy atom. The molecule has 0 bridgehead atoms. The van der Waals surface area contributed by atoms with Crippen LogP contribution in [0.1, 0.15) is 200 Å². The first-order valence-corrected chi connectivity index (χ1v) is 24.3. The first-order chi connectivity index (χ1) is 29.1. The molecule has 0 heterocycles. The van der Waals surface area contributed by atoms with Gasteiger partial charge in [0, 0.05) is 12.8 Å². The molecule has 0 radical (unpaired) electrons. The second-order valence-corrected chi connectivity index (χ2v) is 17.4. The van der Waals surface area contributed by atoms with Crippen LogP contribution in [0.3, 0.4) is 0 Å². The molecule has 0 aromatic heterocycles. The van der Waals surface area contributed by atoms with Crippen LogP contribution in [0.15, 0.2) is 48.6 Å². The van der Waals surface area contributed by atoms with Gasteiger partial charge in [0.05, 0.1) is 34.4 Å². The van der Waals surface area contributed by atoms with E-state index < -0.39 is 24.3 Å². The number of esters is 2. The van der Waals surface area contributed by atoms with E-state index in [1.54, 1.807) is 0 Å². The van der Waals surface area contributed by atoms with E-state index in [0.29, 0.717) is 23.9 Å². The largest absolute Gasteiger partial charge is 0.477 e. The monoisotopic (exact) mass is 847 g/mol. The van der Waals surface area contributed by atoms with Crippen LogP contribution in [-0.2, 0) is 33.3 Å². The molecule has 0 rings (SSSR count). The first-order valence-electron chi connectivity index (χ1n) is 24.3. The third-order valence-corrected chi connectivity index (χ3v) is 10.3. The van der Waals surface area contributed by atoms with Gasteiger partial charge < -0.3 is 28.5 Å². The summed E-state index contributed by atoms with van der Waals surface area (Å²) >= 11 is 0. The minimum absolute atomic E-state index is 0.182. The van der Waals surface area contributed by atoms with Crippen LogP contribution in [0.2, 0.25) is 0 Å². The standard InChI is InChI=1S/C51H91NO8/c1-6-8-10-12-14-16-18-20-21-22-23-24-25-26-27-28-29-30-32-34-36-38-40-42-49(54)60-47(46-59-51(50(55)56)57-44-43-52(3,4)5)45-58-48(53)41-39-37-35-33-31-19-17-15-13-11-9-7-2/h8,10,14,16,20-21,23-24,47,51H,6-7,9,11-13,15,17-19,22,25-46H2,1-5H3/p+1/b10-8-,16-14-,21-20-,24-23-. The average molecular weight is 847 g/mol. The van der Waals surface area contributed by atoms with E-state index in [2.05, 4.69) is 62.5 Å². The van der Waals surface area contributed by atoms with Gasteiger partial charge in [-0.1, -0.05) is 184 Å². The van der Waals surface area contributed by atoms with Crippen molar-refractivity contribution >= 4 is 17.9 Å². The lowest BCUT2D eigenvalue weighted by Crippen LogP contribution is -2.40. The predicted molar refractivity (Wildman–Crippen MR) is 249 cm³/mol. The summed E-state index contributed by atoms with van der Waals surface area (Å²) in [7, 11) is 5.96. The fourth-order valence-corrected chi connectivity index (χ4v) is 6.59. The van der Waals surface area contributed by atoms with Crippen molar-refractivity contribution < 1.29 is 42.9 Å². The van der Waals surface area contributed by atoms with Gasteiger partial charge >= 0.3 is 17.9 Å². The minimum Gasteiger partial charge on any atom is -0.477 e. The Labute approximate surface area is 368 Å². The molecule has 9 nitrogen and oxygen atoms in total. The summed E-state index contributed by atoms with van der Waals surface area (Å²) in [5, 5.41) is 9.65. The highest BCUT2D eigenvalue weighted by Gasteiger charge is 2.25. The molecule has 0 aromatic rings. The Hall–Kier alpha value is -2.75. The van der Waals surface area contributed by atoms with E-state index in [1.807, 2.05) is 21.1 Å². The maximum atomic E-state index is 12.8. The molecule has 9 heteroatoms. The molecule has 0 saturated carbocycles. The van der Waals surface area contributed by atoms with Gasteiger partial charge in [-0.2, -0.15) is 0 Å². The van der Waals surface area contributed by atoms with E-state index in [9.17, 15) is 19.5 Å². The molecule has 0 aromatic carbocycles. The number of hydrogen-bond donors (Lipinski definition) is 1. The average Bonchev–Trinajstić information content (AvgIpc) is 3.21. The van der Waals surface area contributed by atoms with Crippen molar-refractivity contribution in [3.63, 3.8) is 0 Å². The summed E-state index contributed by atoms with van der Waals surface area (Å²) in [4.78, 5) is 37.2. The second kappa shape index (κ2) is 42.9. The Morgan fingerprint density at radius 2 is 0.950 bits per heavy atom. The van der Waals surface area contributed by atoms with Crippen LogP contribution < -0.4 is 0 Å². The molecule has 0 saturated heterocycles. The van der Waals surface area contributed by atoms with Crippen LogP contribution >= 0.6 is 0 Å². The highest BCUT2D eigenvalue weighted by molar-refractivity contribution is 5.71. The summed E-state index contributed by atoms with van der Waals surface area (Å²) in [5.74, 6) is -2.01. The van der Waals surface area contributed by atoms with E-state index in [-0.39, 0.29) is 32.2 Å². The Kier molecular flexibility index (Phi) is 41.0. The van der Waals surface area contributed by atoms with Gasteiger partial charge in [0.1, 0.15) is 13.2 Å². The van der Waals surface area contributed by atoms with Crippen LogP contribution in [0.4, 0.5) is 0 Å². The molecule has 0 spiro atoms. The van der Waals surface area contributed by atoms with E-state index in [1.165, 1.54) is 96.3 Å². The lowest BCUT2D eigenvalue weighted by Gasteiger charge is -2.25. The van der Waals surface area contributed by atoms with Gasteiger partial charge in [0.15, 0.2) is 6.10 Å². The lowest BCUT2D eigenvalue weighted by atomic mass is 10.0. The van der Waals surface area contributed by atoms with Gasteiger partial charge in [-0.3, -0.25) is 9.59 Å². The maximum absolute atomic E-state index is 12.8. The van der Waals surface area contributed by atoms with Gasteiger partial charge in [-0.05, 0) is 51.4 Å². The van der Waals surface area contributed by atoms with Crippen molar-refractivity contribution in [1.82, 2.24) is 0 Å². The number of likely N-dealkylation sites (N-methyl/N-ethyl adjacent to an activating group) is 1. The van der Waals surface area contributed by atoms with E-state index in [4.69, 9.17) is 18.9 Å². The number of unbranched alkanes of at least 4 members (excludes halogenated alkanes) is 21. The van der Waals surface area contributed by atoms with E-state index >= 15 is 0 Å². The second-order valence-electron chi connectivity index (χ2n) is 17.4. The van der Waals surface area contributed by atoms with Gasteiger partial charge in [-0.25, -0.2) is 4.79 Å². The summed E-state index contributed by atoms with van der Waals surface area (Å²) in [5.41, 5.74) is 0. The SMILES string of the molecule is CC/C=C\C/C=C\C/C=C\C/C=C\CCCCCCCCCCCCC(=O)OC(COC(=O)CCCCCCCCCCCCCC)COC(OCC[N+](C)(C)C)C(=O)O. The van der Waals surface area contributed by atoms with Crippen molar-refractivity contribution in [3.8, 4) is 0 Å². The third-order valence-electron chi connectivity index (χ3n) is 10.3. The Balaban J connectivity index is 4.32. The van der Waals surface area contributed by atoms with E-state index in [0.717, 1.165) is 70.6 Å². The number of allylic oxidation sites excluding steroid dienone is 8. The van der Waals surface area contributed by atoms with Crippen LogP contribution in [-0.4, -0.2) is 87.4 Å². The van der Waals surface area contributed by atoms with Gasteiger partial charge in [-0.15, -0.1) is 0 Å². The summed E-state index contributed by atoms with van der Waals surface area (Å²) in [6, 6.07) is 0. The fourth-order valence-electron chi connectivity index (χ4n) is 6.59. The quantitative estimate of drug-likeness (QED) is 0.0212. The molecule has 0 amide bonds. The van der Waals surface area contributed by atoms with Crippen molar-refractivity contribution in [2.24, 2.45) is 0 Å². The van der Waals surface area contributed by atoms with Crippen LogP contribution in [0, 0.1) is 0 Å². The highest BCUT2D eigenvalue weighted by Crippen LogP contribution is 2.15.